The fourth-order valence-electron chi connectivity index (χ4n) is 1.62. The number of carbonyl (C=O) groups is 1. The Hall–Kier alpha value is -1.88. The number of benzene rings is 1. The highest BCUT2D eigenvalue weighted by molar-refractivity contribution is 6.02. The molecule has 4 nitrogen and oxygen atoms in total. The van der Waals surface area contributed by atoms with Gasteiger partial charge in [0.05, 0.1) is 13.2 Å². The van der Waals surface area contributed by atoms with Gasteiger partial charge in [-0.25, -0.2) is 9.18 Å². The van der Waals surface area contributed by atoms with Gasteiger partial charge in [0.2, 0.25) is 0 Å². The van der Waals surface area contributed by atoms with Crippen LogP contribution >= 0.6 is 0 Å². The zero-order chi connectivity index (χ0) is 12.6. The van der Waals surface area contributed by atoms with E-state index in [4.69, 9.17) is 10.2 Å². The van der Waals surface area contributed by atoms with E-state index in [1.165, 1.54) is 13.2 Å². The number of rotatable bonds is 2. The van der Waals surface area contributed by atoms with Crippen molar-refractivity contribution in [3.8, 4) is 0 Å². The van der Waals surface area contributed by atoms with Gasteiger partial charge in [0.25, 0.3) is 0 Å². The van der Waals surface area contributed by atoms with Gasteiger partial charge in [-0.1, -0.05) is 0 Å². The number of halogens is 1. The minimum Gasteiger partial charge on any atom is -0.465 e. The van der Waals surface area contributed by atoms with E-state index in [-0.39, 0.29) is 11.6 Å². The highest BCUT2D eigenvalue weighted by Gasteiger charge is 2.17. The van der Waals surface area contributed by atoms with Crippen molar-refractivity contribution in [3.05, 3.63) is 35.3 Å². The maximum atomic E-state index is 13.3. The summed E-state index contributed by atoms with van der Waals surface area (Å²) < 4.78 is 23.3. The topological polar surface area (TPSA) is 65.5 Å². The van der Waals surface area contributed by atoms with Gasteiger partial charge in [0.1, 0.15) is 22.7 Å². The molecule has 0 bridgehead atoms. The third kappa shape index (κ3) is 2.01. The second-order valence-corrected chi connectivity index (χ2v) is 3.80. The molecule has 0 aliphatic heterocycles. The number of methoxy groups -OCH3 is 1. The summed E-state index contributed by atoms with van der Waals surface area (Å²) in [5, 5.41) is 0.498. The van der Waals surface area contributed by atoms with E-state index in [1.807, 2.05) is 0 Å². The van der Waals surface area contributed by atoms with Crippen molar-refractivity contribution in [2.24, 2.45) is 5.73 Å². The molecule has 90 valence electrons. The van der Waals surface area contributed by atoms with Gasteiger partial charge < -0.3 is 14.9 Å². The van der Waals surface area contributed by atoms with E-state index >= 15 is 0 Å². The van der Waals surface area contributed by atoms with Gasteiger partial charge in [-0.05, 0) is 25.1 Å². The molecule has 2 rings (SSSR count). The zero-order valence-electron chi connectivity index (χ0n) is 9.49. The lowest BCUT2D eigenvalue weighted by Crippen LogP contribution is -2.03. The Morgan fingerprint density at radius 1 is 1.47 bits per heavy atom. The van der Waals surface area contributed by atoms with Crippen LogP contribution in [-0.2, 0) is 4.74 Å². The Morgan fingerprint density at radius 3 is 2.76 bits per heavy atom. The summed E-state index contributed by atoms with van der Waals surface area (Å²) in [6.45, 7) is 1.74. The first-order valence-corrected chi connectivity index (χ1v) is 5.10. The average molecular weight is 237 g/mol. The highest BCUT2D eigenvalue weighted by Crippen LogP contribution is 2.27. The Labute approximate surface area is 97.1 Å². The van der Waals surface area contributed by atoms with Gasteiger partial charge in [-0.2, -0.15) is 0 Å². The van der Waals surface area contributed by atoms with Crippen LogP contribution < -0.4 is 5.73 Å². The molecular weight excluding hydrogens is 225 g/mol. The molecule has 0 aliphatic rings. The lowest BCUT2D eigenvalue weighted by molar-refractivity contribution is 0.0601. The standard InChI is InChI=1S/C12H12FNO3/c1-6(14)10-4-7-3-8(13)5-9(11(7)17-10)12(15)16-2/h3-6H,14H2,1-2H3/t6-/m0/s1. The molecule has 0 amide bonds. The minimum atomic E-state index is -0.639. The monoisotopic (exact) mass is 237 g/mol. The largest absolute Gasteiger partial charge is 0.465 e. The third-order valence-corrected chi connectivity index (χ3v) is 2.45. The molecule has 1 aromatic heterocycles. The molecule has 2 aromatic rings. The van der Waals surface area contributed by atoms with Crippen molar-refractivity contribution in [3.63, 3.8) is 0 Å². The van der Waals surface area contributed by atoms with Gasteiger partial charge in [-0.15, -0.1) is 0 Å². The SMILES string of the molecule is COC(=O)c1cc(F)cc2cc([C@H](C)N)oc12. The Bertz CT molecular complexity index is 574. The first-order chi connectivity index (χ1) is 8.02. The Kier molecular flexibility index (Phi) is 2.85. The molecule has 1 aromatic carbocycles. The van der Waals surface area contributed by atoms with Crippen molar-refractivity contribution in [1.82, 2.24) is 0 Å². The molecule has 0 fully saturated rings. The van der Waals surface area contributed by atoms with Crippen molar-refractivity contribution in [1.29, 1.82) is 0 Å². The van der Waals surface area contributed by atoms with Crippen LogP contribution in [0.2, 0.25) is 0 Å². The average Bonchev–Trinajstić information content (AvgIpc) is 2.70. The molecule has 0 spiro atoms. The van der Waals surface area contributed by atoms with E-state index in [0.29, 0.717) is 16.7 Å². The number of hydrogen-bond acceptors (Lipinski definition) is 4. The maximum absolute atomic E-state index is 13.3. The van der Waals surface area contributed by atoms with Crippen molar-refractivity contribution < 1.29 is 18.3 Å². The van der Waals surface area contributed by atoms with Crippen LogP contribution in [0.15, 0.2) is 22.6 Å². The number of furan rings is 1. The smallest absolute Gasteiger partial charge is 0.341 e. The van der Waals surface area contributed by atoms with E-state index in [2.05, 4.69) is 4.74 Å². The van der Waals surface area contributed by atoms with Crippen LogP contribution in [0.25, 0.3) is 11.0 Å². The van der Waals surface area contributed by atoms with Crippen LogP contribution in [0, 0.1) is 5.82 Å². The van der Waals surface area contributed by atoms with E-state index in [9.17, 15) is 9.18 Å². The molecule has 0 aliphatic carbocycles. The molecule has 0 saturated heterocycles. The van der Waals surface area contributed by atoms with Crippen LogP contribution in [0.3, 0.4) is 0 Å². The van der Waals surface area contributed by atoms with Crippen molar-refractivity contribution in [2.75, 3.05) is 7.11 Å². The third-order valence-electron chi connectivity index (χ3n) is 2.45. The lowest BCUT2D eigenvalue weighted by atomic mass is 10.1. The predicted molar refractivity (Wildman–Crippen MR) is 60.1 cm³/mol. The molecule has 2 N–H and O–H groups in total. The summed E-state index contributed by atoms with van der Waals surface area (Å²) in [5.74, 6) is -0.661. The number of carbonyl (C=O) groups excluding carboxylic acids is 1. The van der Waals surface area contributed by atoms with E-state index in [0.717, 1.165) is 6.07 Å². The second-order valence-electron chi connectivity index (χ2n) is 3.80. The van der Waals surface area contributed by atoms with Gasteiger partial charge in [-0.3, -0.25) is 0 Å². The number of ether oxygens (including phenoxy) is 1. The van der Waals surface area contributed by atoms with Crippen molar-refractivity contribution >= 4 is 16.9 Å². The quantitative estimate of drug-likeness (QED) is 0.814. The molecule has 1 heterocycles. The fraction of sp³-hybridized carbons (Fsp3) is 0.250. The first-order valence-electron chi connectivity index (χ1n) is 5.10. The maximum Gasteiger partial charge on any atom is 0.341 e. The summed E-state index contributed by atoms with van der Waals surface area (Å²) in [6, 6.07) is 3.67. The number of esters is 1. The van der Waals surface area contributed by atoms with Gasteiger partial charge in [0.15, 0.2) is 0 Å². The molecule has 5 heteroatoms. The van der Waals surface area contributed by atoms with Gasteiger partial charge >= 0.3 is 5.97 Å². The van der Waals surface area contributed by atoms with E-state index < -0.39 is 11.8 Å². The molecule has 1 atom stereocenters. The number of hydrogen-bond donors (Lipinski definition) is 1. The zero-order valence-corrected chi connectivity index (χ0v) is 9.49. The summed E-state index contributed by atoms with van der Waals surface area (Å²) >= 11 is 0. The molecule has 0 radical (unpaired) electrons. The second kappa shape index (κ2) is 4.18. The molecular formula is C12H12FNO3. The van der Waals surface area contributed by atoms with E-state index in [1.54, 1.807) is 13.0 Å². The Balaban J connectivity index is 2.69. The predicted octanol–water partition coefficient (Wildman–Crippen LogP) is 2.38. The van der Waals surface area contributed by atoms with Crippen molar-refractivity contribution in [2.45, 2.75) is 13.0 Å². The molecule has 0 saturated carbocycles. The summed E-state index contributed by atoms with van der Waals surface area (Å²) in [6.07, 6.45) is 0. The van der Waals surface area contributed by atoms with Crippen LogP contribution in [-0.4, -0.2) is 13.1 Å². The highest BCUT2D eigenvalue weighted by atomic mass is 19.1. The van der Waals surface area contributed by atoms with Crippen LogP contribution in [0.1, 0.15) is 29.1 Å². The lowest BCUT2D eigenvalue weighted by Gasteiger charge is -2.01. The number of nitrogens with two attached hydrogens (primary N) is 1. The summed E-state index contributed by atoms with van der Waals surface area (Å²) in [5.41, 5.74) is 6.03. The minimum absolute atomic E-state index is 0.0643. The fourth-order valence-corrected chi connectivity index (χ4v) is 1.62. The molecule has 0 unspecified atom stereocenters. The van der Waals surface area contributed by atoms with Crippen LogP contribution in [0.4, 0.5) is 4.39 Å². The summed E-state index contributed by atoms with van der Waals surface area (Å²) in [7, 11) is 1.23. The molecule has 17 heavy (non-hydrogen) atoms. The summed E-state index contributed by atoms with van der Waals surface area (Å²) in [4.78, 5) is 11.5. The van der Waals surface area contributed by atoms with Crippen LogP contribution in [0.5, 0.6) is 0 Å². The number of fused-ring (bicyclic) bond motifs is 1. The Morgan fingerprint density at radius 2 is 2.18 bits per heavy atom. The first kappa shape index (κ1) is 11.6. The normalized spacial score (nSPS) is 12.7. The van der Waals surface area contributed by atoms with Gasteiger partial charge in [0, 0.05) is 5.39 Å².